The number of nitrogens with two attached hydrogens (primary N) is 1. The van der Waals surface area contributed by atoms with E-state index in [-0.39, 0.29) is 127 Å². The molecule has 490 valence electrons. The minimum Gasteiger partial charge on any atom is -0.483 e. The smallest absolute Gasteiger partial charge is 0.290 e. The second-order valence-corrected chi connectivity index (χ2v) is 29.0. The normalized spacial score (nSPS) is 28.6. The van der Waals surface area contributed by atoms with Crippen LogP contribution in [0.4, 0.5) is 0 Å². The Morgan fingerprint density at radius 2 is 1.00 bits per heavy atom. The third-order valence-corrected chi connectivity index (χ3v) is 21.3. The molecule has 89 heavy (non-hydrogen) atoms. The molecular weight excluding hydrogens is 1130 g/mol. The highest BCUT2D eigenvalue weighted by Crippen LogP contribution is 2.66. The van der Waals surface area contributed by atoms with Gasteiger partial charge in [0.15, 0.2) is 23.1 Å². The number of carbonyl (C=O) groups is 12. The van der Waals surface area contributed by atoms with E-state index < -0.39 is 64.4 Å². The standard InChI is InChI=1S/C44H60N2O7.C27H42N2O4.CH2O2/c1-7-8-22-35(48)39(50)28-18-14-12-10-9-11-13-15-19-29(40(51)45-27-34-37(44(34,5)6)38(45)36(49)24-28)23-31(47)25-30(43(2,3)4)26-46-41(52)32-20-16-17-21-33(32)42(46)53;1-4-5-15-21(30)25(32)18-13-11-9-7-6-8-10-12-14-20(28)26(33)29-17-19-23(27(19,2)3)24(29)22(31)16-18;2-1-3/h7,16-17,20-21,28-30,34,37-38H,1,8-15,18-19,22-27H2,2-6H3;4,18-20,23-24H,1,5-17,28H2,2-3H3;1H,(H,2,3)/t28-,29-,30-,34+,37+,38-;18-,19+,20+,23+,24-;/m11./s1. The summed E-state index contributed by atoms with van der Waals surface area (Å²) >= 11 is 0. The molecule has 0 spiro atoms. The van der Waals surface area contributed by atoms with Gasteiger partial charge in [0.2, 0.25) is 23.4 Å². The van der Waals surface area contributed by atoms with E-state index in [0.29, 0.717) is 68.7 Å². The van der Waals surface area contributed by atoms with Crippen LogP contribution in [0.5, 0.6) is 0 Å². The maximum absolute atomic E-state index is 14.6. The predicted octanol–water partition coefficient (Wildman–Crippen LogP) is 11.3. The number of piperidine rings is 2. The molecule has 8 rings (SSSR count). The van der Waals surface area contributed by atoms with Gasteiger partial charge in [-0.2, -0.15) is 0 Å². The molecule has 1 aromatic rings. The molecule has 5 aliphatic heterocycles. The zero-order valence-corrected chi connectivity index (χ0v) is 54.6. The average molecular weight is 1230 g/mol. The zero-order valence-electron chi connectivity index (χ0n) is 54.6. The summed E-state index contributed by atoms with van der Waals surface area (Å²) in [6.07, 6.45) is 20.3. The average Bonchev–Trinajstić information content (AvgIpc) is 1.54. The molecule has 4 saturated heterocycles. The van der Waals surface area contributed by atoms with E-state index in [1.165, 1.54) is 4.90 Å². The van der Waals surface area contributed by atoms with Crippen LogP contribution in [0.3, 0.4) is 0 Å². The Bertz CT molecular complexity index is 2760. The van der Waals surface area contributed by atoms with Crippen LogP contribution in [0, 0.1) is 63.6 Å². The van der Waals surface area contributed by atoms with Gasteiger partial charge in [-0.3, -0.25) is 62.4 Å². The largest absolute Gasteiger partial charge is 0.483 e. The number of amides is 4. The van der Waals surface area contributed by atoms with Crippen molar-refractivity contribution in [3.63, 3.8) is 0 Å². The third-order valence-electron chi connectivity index (χ3n) is 21.3. The van der Waals surface area contributed by atoms with Gasteiger partial charge in [-0.25, -0.2) is 0 Å². The Morgan fingerprint density at radius 3 is 1.40 bits per heavy atom. The molecule has 0 unspecified atom stereocenters. The highest BCUT2D eigenvalue weighted by Gasteiger charge is 2.70. The van der Waals surface area contributed by atoms with Gasteiger partial charge in [-0.15, -0.1) is 13.2 Å². The van der Waals surface area contributed by atoms with Crippen LogP contribution >= 0.6 is 0 Å². The third kappa shape index (κ3) is 17.9. The number of ketones is 7. The zero-order chi connectivity index (χ0) is 65.5. The Labute approximate surface area is 528 Å². The molecule has 5 heterocycles. The lowest BCUT2D eigenvalue weighted by molar-refractivity contribution is -0.145. The summed E-state index contributed by atoms with van der Waals surface area (Å²) in [7, 11) is 0. The summed E-state index contributed by atoms with van der Waals surface area (Å²) in [6.45, 7) is 22.7. The first kappa shape index (κ1) is 72.0. The van der Waals surface area contributed by atoms with Gasteiger partial charge in [0, 0.05) is 75.9 Å². The quantitative estimate of drug-likeness (QED) is 0.0675. The molecule has 0 radical (unpaired) electrons. The van der Waals surface area contributed by atoms with E-state index in [1.807, 2.05) is 20.8 Å². The Kier molecular flexibility index (Phi) is 26.1. The van der Waals surface area contributed by atoms with Crippen LogP contribution < -0.4 is 5.73 Å². The van der Waals surface area contributed by atoms with E-state index >= 15 is 0 Å². The van der Waals surface area contributed by atoms with Crippen molar-refractivity contribution >= 4 is 70.6 Å². The van der Waals surface area contributed by atoms with E-state index in [4.69, 9.17) is 15.6 Å². The van der Waals surface area contributed by atoms with E-state index in [2.05, 4.69) is 40.9 Å². The minimum atomic E-state index is -0.695. The fourth-order valence-electron chi connectivity index (χ4n) is 15.4. The summed E-state index contributed by atoms with van der Waals surface area (Å²) in [4.78, 5) is 161. The number of benzene rings is 1. The number of carboxylic acid groups (broad SMARTS) is 1. The van der Waals surface area contributed by atoms with Crippen molar-refractivity contribution in [3.05, 3.63) is 60.7 Å². The number of allylic oxidation sites excluding steroid dienone is 2. The first-order chi connectivity index (χ1) is 42.2. The molecule has 0 aromatic heterocycles. The van der Waals surface area contributed by atoms with Gasteiger partial charge in [0.1, 0.15) is 5.78 Å². The lowest BCUT2D eigenvalue weighted by Crippen LogP contribution is -2.52. The van der Waals surface area contributed by atoms with Gasteiger partial charge in [0.05, 0.1) is 29.3 Å². The molecule has 3 N–H and O–H groups in total. The predicted molar refractivity (Wildman–Crippen MR) is 340 cm³/mol. The van der Waals surface area contributed by atoms with E-state index in [0.717, 1.165) is 89.9 Å². The second kappa shape index (κ2) is 32.3. The lowest BCUT2D eigenvalue weighted by atomic mass is 9.76. The van der Waals surface area contributed by atoms with Crippen LogP contribution in [0.1, 0.15) is 236 Å². The van der Waals surface area contributed by atoms with Gasteiger partial charge in [-0.1, -0.05) is 163 Å². The van der Waals surface area contributed by atoms with Crippen LogP contribution in [0.15, 0.2) is 49.6 Å². The van der Waals surface area contributed by atoms with Gasteiger partial charge in [0.25, 0.3) is 18.3 Å². The molecule has 2 saturated carbocycles. The van der Waals surface area contributed by atoms with E-state index in [9.17, 15) is 52.7 Å². The number of Topliss-reactive ketones (excluding diaryl/α,β-unsaturated/α-hetero) is 7. The fraction of sp³-hybridized carbons (Fsp3) is 0.694. The molecule has 4 amide bonds. The monoisotopic (exact) mass is 1230 g/mol. The second-order valence-electron chi connectivity index (χ2n) is 29.0. The van der Waals surface area contributed by atoms with Crippen LogP contribution in [-0.4, -0.2) is 128 Å². The minimum absolute atomic E-state index is 0.0152. The topological polar surface area (TPSA) is 261 Å². The molecule has 11 atom stereocenters. The first-order valence-electron chi connectivity index (χ1n) is 33.5. The maximum atomic E-state index is 14.6. The Hall–Kier alpha value is -6.10. The van der Waals surface area contributed by atoms with Crippen molar-refractivity contribution in [2.45, 2.75) is 234 Å². The molecule has 7 aliphatic rings. The van der Waals surface area contributed by atoms with E-state index in [1.54, 1.807) is 46.2 Å². The van der Waals surface area contributed by atoms with Crippen molar-refractivity contribution in [1.29, 1.82) is 0 Å². The lowest BCUT2D eigenvalue weighted by Gasteiger charge is -2.35. The molecular formula is C72H104N4O13. The number of fused-ring (bicyclic) bond motifs is 7. The van der Waals surface area contributed by atoms with Gasteiger partial charge >= 0.3 is 0 Å². The Morgan fingerprint density at radius 1 is 0.618 bits per heavy atom. The number of rotatable bonds is 16. The summed E-state index contributed by atoms with van der Waals surface area (Å²) in [5, 5.41) is 6.89. The molecule has 6 fully saturated rings. The fourth-order valence-corrected chi connectivity index (χ4v) is 15.4. The number of hydrogen-bond acceptors (Lipinski definition) is 13. The molecule has 2 aliphatic carbocycles. The van der Waals surface area contributed by atoms with Crippen LogP contribution in [-0.2, 0) is 47.9 Å². The summed E-state index contributed by atoms with van der Waals surface area (Å²) < 4.78 is 0. The van der Waals surface area contributed by atoms with Gasteiger partial charge < -0.3 is 20.6 Å². The first-order valence-corrected chi connectivity index (χ1v) is 33.5. The molecule has 17 nitrogen and oxygen atoms in total. The van der Waals surface area contributed by atoms with Crippen molar-refractivity contribution in [2.75, 3.05) is 19.6 Å². The van der Waals surface area contributed by atoms with Gasteiger partial charge in [-0.05, 0) is 96.5 Å². The summed E-state index contributed by atoms with van der Waals surface area (Å²) in [6, 6.07) is 5.00. The van der Waals surface area contributed by atoms with Crippen LogP contribution in [0.25, 0.3) is 0 Å². The molecule has 1 aromatic carbocycles. The highest BCUT2D eigenvalue weighted by atomic mass is 16.3. The van der Waals surface area contributed by atoms with Crippen molar-refractivity contribution in [3.8, 4) is 0 Å². The SMILES string of the molecule is C=CCCC(=O)C(=O)[C@@H]1CCCCCCCCC[C@H](CC(=O)C[C@H](CN2C(=O)c3ccccc3C2=O)C(C)(C)C)C(=O)N2C[C@H]3[C@@H]([C@H]2C(=O)C1)C3(C)C.C=CCCC(=O)C(=O)[C@@H]1CCCCCCCCC[C@H](N)C(=O)N2C[C@H]3[C@@H]([C@H]2C(=O)C1)C3(C)C.O=CO. The summed E-state index contributed by atoms with van der Waals surface area (Å²) in [5.41, 5.74) is 6.50. The molecule has 0 bridgehead atoms. The number of hydrogen-bond donors (Lipinski definition) is 2. The van der Waals surface area contributed by atoms with Crippen LogP contribution in [0.2, 0.25) is 0 Å². The number of nitrogens with zero attached hydrogens (tertiary/aromatic N) is 3. The summed E-state index contributed by atoms with van der Waals surface area (Å²) in [5.74, 6) is -4.76. The van der Waals surface area contributed by atoms with Crippen molar-refractivity contribution in [1.82, 2.24) is 14.7 Å². The maximum Gasteiger partial charge on any atom is 0.290 e. The number of imide groups is 1. The highest BCUT2D eigenvalue weighted by molar-refractivity contribution is 6.38. The van der Waals surface area contributed by atoms with Crippen molar-refractivity contribution in [2.24, 2.45) is 69.3 Å². The number of carbonyl (C=O) groups excluding carboxylic acids is 11. The Balaban J connectivity index is 0.000000300. The van der Waals surface area contributed by atoms with Crippen molar-refractivity contribution < 1.29 is 62.6 Å². The molecule has 17 heteroatoms.